The van der Waals surface area contributed by atoms with Crippen LogP contribution >= 0.6 is 0 Å². The number of carbonyl (C=O) groups is 3. The van der Waals surface area contributed by atoms with Crippen LogP contribution in [0.25, 0.3) is 0 Å². The smallest absolute Gasteiger partial charge is 0.326 e. The fourth-order valence-electron chi connectivity index (χ4n) is 1.16. The van der Waals surface area contributed by atoms with Gasteiger partial charge in [-0.25, -0.2) is 9.59 Å². The maximum atomic E-state index is 11.5. The minimum atomic E-state index is -1.20. The van der Waals surface area contributed by atoms with Crippen molar-refractivity contribution in [3.05, 3.63) is 12.7 Å². The van der Waals surface area contributed by atoms with Crippen molar-refractivity contribution in [2.75, 3.05) is 20.7 Å². The van der Waals surface area contributed by atoms with Gasteiger partial charge < -0.3 is 20.1 Å². The first-order chi connectivity index (χ1) is 8.42. The summed E-state index contributed by atoms with van der Waals surface area (Å²) in [6, 6.07) is -1.66. The zero-order valence-electron chi connectivity index (χ0n) is 10.5. The molecule has 0 saturated heterocycles. The third-order valence-electron chi connectivity index (χ3n) is 2.21. The van der Waals surface area contributed by atoms with Crippen LogP contribution in [-0.4, -0.2) is 54.7 Å². The number of urea groups is 1. The van der Waals surface area contributed by atoms with Gasteiger partial charge in [-0.3, -0.25) is 4.79 Å². The molecule has 0 bridgehead atoms. The summed E-state index contributed by atoms with van der Waals surface area (Å²) in [6.07, 6.45) is 1.43. The van der Waals surface area contributed by atoms with Crippen LogP contribution in [-0.2, 0) is 14.3 Å². The Bertz CT molecular complexity index is 329. The molecule has 0 spiro atoms. The molecule has 2 amide bonds. The van der Waals surface area contributed by atoms with Crippen LogP contribution in [0.5, 0.6) is 0 Å². The van der Waals surface area contributed by atoms with Crippen molar-refractivity contribution in [3.8, 4) is 0 Å². The van der Waals surface area contributed by atoms with Crippen molar-refractivity contribution in [2.24, 2.45) is 0 Å². The van der Waals surface area contributed by atoms with E-state index >= 15 is 0 Å². The number of carboxylic acids is 1. The van der Waals surface area contributed by atoms with Crippen LogP contribution in [0.15, 0.2) is 12.7 Å². The maximum Gasteiger partial charge on any atom is 0.326 e. The van der Waals surface area contributed by atoms with Gasteiger partial charge in [0.1, 0.15) is 6.04 Å². The van der Waals surface area contributed by atoms with Crippen LogP contribution in [0, 0.1) is 0 Å². The molecule has 0 aromatic carbocycles. The quantitative estimate of drug-likeness (QED) is 0.503. The number of esters is 1. The largest absolute Gasteiger partial charge is 0.480 e. The van der Waals surface area contributed by atoms with Gasteiger partial charge in [-0.2, -0.15) is 0 Å². The number of nitrogens with one attached hydrogen (secondary N) is 1. The van der Waals surface area contributed by atoms with Gasteiger partial charge >= 0.3 is 18.0 Å². The summed E-state index contributed by atoms with van der Waals surface area (Å²) in [6.45, 7) is 3.77. The highest BCUT2D eigenvalue weighted by molar-refractivity contribution is 5.83. The first-order valence-electron chi connectivity index (χ1n) is 5.34. The predicted molar refractivity (Wildman–Crippen MR) is 64.0 cm³/mol. The number of likely N-dealkylation sites (N-methyl/N-ethyl adjacent to an activating group) is 1. The summed E-state index contributed by atoms with van der Waals surface area (Å²) in [5.41, 5.74) is 0. The van der Waals surface area contributed by atoms with Crippen molar-refractivity contribution in [1.82, 2.24) is 10.2 Å². The Hall–Kier alpha value is -2.05. The first kappa shape index (κ1) is 16.0. The van der Waals surface area contributed by atoms with Crippen LogP contribution < -0.4 is 5.32 Å². The average molecular weight is 258 g/mol. The Labute approximate surface area is 105 Å². The third kappa shape index (κ3) is 5.88. The van der Waals surface area contributed by atoms with E-state index in [-0.39, 0.29) is 12.8 Å². The third-order valence-corrected chi connectivity index (χ3v) is 2.21. The second kappa shape index (κ2) is 8.10. The van der Waals surface area contributed by atoms with Gasteiger partial charge in [0.05, 0.1) is 7.11 Å². The number of hydrogen-bond acceptors (Lipinski definition) is 4. The van der Waals surface area contributed by atoms with E-state index in [0.717, 1.165) is 0 Å². The number of rotatable bonds is 7. The lowest BCUT2D eigenvalue weighted by molar-refractivity contribution is -0.142. The lowest BCUT2D eigenvalue weighted by Gasteiger charge is -2.19. The van der Waals surface area contributed by atoms with E-state index in [1.54, 1.807) is 0 Å². The first-order valence-corrected chi connectivity index (χ1v) is 5.34. The van der Waals surface area contributed by atoms with Crippen molar-refractivity contribution in [2.45, 2.75) is 18.9 Å². The van der Waals surface area contributed by atoms with Gasteiger partial charge in [-0.15, -0.1) is 6.58 Å². The molecule has 0 aliphatic carbocycles. The predicted octanol–water partition coefficient (Wildman–Crippen LogP) is 0.220. The molecule has 0 aromatic heterocycles. The van der Waals surface area contributed by atoms with E-state index in [9.17, 15) is 14.4 Å². The van der Waals surface area contributed by atoms with E-state index in [4.69, 9.17) is 5.11 Å². The second-order valence-electron chi connectivity index (χ2n) is 3.62. The van der Waals surface area contributed by atoms with E-state index in [0.29, 0.717) is 6.54 Å². The number of carbonyl (C=O) groups excluding carboxylic acids is 2. The standard InChI is InChI=1S/C11H18N2O5/c1-4-7-13(2)11(17)12-8(10(15)16)5-6-9(14)18-3/h4,8H,1,5-7H2,2-3H3,(H,12,17)(H,15,16)/t8-/m1/s1. The van der Waals surface area contributed by atoms with Crippen LogP contribution in [0.1, 0.15) is 12.8 Å². The summed E-state index contributed by atoms with van der Waals surface area (Å²) < 4.78 is 4.40. The zero-order valence-corrected chi connectivity index (χ0v) is 10.5. The SMILES string of the molecule is C=CCN(C)C(=O)N[C@H](CCC(=O)OC)C(=O)O. The van der Waals surface area contributed by atoms with Crippen LogP contribution in [0.3, 0.4) is 0 Å². The van der Waals surface area contributed by atoms with E-state index in [1.165, 1.54) is 25.1 Å². The van der Waals surface area contributed by atoms with E-state index in [1.807, 2.05) is 0 Å². The molecule has 1 atom stereocenters. The monoisotopic (exact) mass is 258 g/mol. The minimum Gasteiger partial charge on any atom is -0.480 e. The molecule has 0 saturated carbocycles. The van der Waals surface area contributed by atoms with Crippen molar-refractivity contribution in [1.29, 1.82) is 0 Å². The Morgan fingerprint density at radius 1 is 1.50 bits per heavy atom. The summed E-state index contributed by atoms with van der Waals surface area (Å²) in [5.74, 6) is -1.71. The van der Waals surface area contributed by atoms with Crippen molar-refractivity contribution >= 4 is 18.0 Å². The molecule has 18 heavy (non-hydrogen) atoms. The molecule has 0 fully saturated rings. The second-order valence-corrected chi connectivity index (χ2v) is 3.62. The molecule has 0 radical (unpaired) electrons. The number of hydrogen-bond donors (Lipinski definition) is 2. The zero-order chi connectivity index (χ0) is 14.1. The molecule has 0 aliphatic rings. The molecule has 0 aliphatic heterocycles. The molecule has 102 valence electrons. The van der Waals surface area contributed by atoms with Crippen LogP contribution in [0.4, 0.5) is 4.79 Å². The molecule has 2 N–H and O–H groups in total. The average Bonchev–Trinajstić information content (AvgIpc) is 2.33. The molecular weight excluding hydrogens is 240 g/mol. The summed E-state index contributed by atoms with van der Waals surface area (Å²) in [4.78, 5) is 34.6. The Morgan fingerprint density at radius 3 is 2.56 bits per heavy atom. The fourth-order valence-corrected chi connectivity index (χ4v) is 1.16. The summed E-state index contributed by atoms with van der Waals surface area (Å²) in [5, 5.41) is 11.2. The van der Waals surface area contributed by atoms with E-state index < -0.39 is 24.0 Å². The highest BCUT2D eigenvalue weighted by Crippen LogP contribution is 2.00. The number of ether oxygens (including phenoxy) is 1. The van der Waals surface area contributed by atoms with Gasteiger partial charge in [-0.05, 0) is 6.42 Å². The number of aliphatic carboxylic acids is 1. The van der Waals surface area contributed by atoms with Crippen LogP contribution in [0.2, 0.25) is 0 Å². The molecule has 0 rings (SSSR count). The normalized spacial score (nSPS) is 11.2. The lowest BCUT2D eigenvalue weighted by Crippen LogP contribution is -2.46. The molecule has 0 unspecified atom stereocenters. The molecule has 7 heteroatoms. The fraction of sp³-hybridized carbons (Fsp3) is 0.545. The topological polar surface area (TPSA) is 95.9 Å². The van der Waals surface area contributed by atoms with E-state index in [2.05, 4.69) is 16.6 Å². The highest BCUT2D eigenvalue weighted by Gasteiger charge is 2.22. The number of nitrogens with zero attached hydrogens (tertiary/aromatic N) is 1. The Balaban J connectivity index is 4.35. The van der Waals surface area contributed by atoms with Gasteiger partial charge in [0, 0.05) is 20.0 Å². The Kier molecular flexibility index (Phi) is 7.18. The summed E-state index contributed by atoms with van der Waals surface area (Å²) >= 11 is 0. The number of carboxylic acid groups (broad SMARTS) is 1. The molecule has 0 aromatic rings. The maximum absolute atomic E-state index is 11.5. The summed E-state index contributed by atoms with van der Waals surface area (Å²) in [7, 11) is 2.73. The molecule has 0 heterocycles. The highest BCUT2D eigenvalue weighted by atomic mass is 16.5. The lowest BCUT2D eigenvalue weighted by atomic mass is 10.1. The van der Waals surface area contributed by atoms with Gasteiger partial charge in [0.15, 0.2) is 0 Å². The van der Waals surface area contributed by atoms with Gasteiger partial charge in [0.2, 0.25) is 0 Å². The molecule has 7 nitrogen and oxygen atoms in total. The molecular formula is C11H18N2O5. The Morgan fingerprint density at radius 2 is 2.11 bits per heavy atom. The minimum absolute atomic E-state index is 0.0182. The number of methoxy groups -OCH3 is 1. The number of amides is 2. The van der Waals surface area contributed by atoms with Crippen molar-refractivity contribution in [3.63, 3.8) is 0 Å². The van der Waals surface area contributed by atoms with Crippen molar-refractivity contribution < 1.29 is 24.2 Å². The van der Waals surface area contributed by atoms with Gasteiger partial charge in [-0.1, -0.05) is 6.08 Å². The van der Waals surface area contributed by atoms with Gasteiger partial charge in [0.25, 0.3) is 0 Å².